The van der Waals surface area contributed by atoms with Crippen molar-refractivity contribution in [2.24, 2.45) is 0 Å². The zero-order valence-corrected chi connectivity index (χ0v) is 20.1. The van der Waals surface area contributed by atoms with Crippen molar-refractivity contribution in [2.45, 2.75) is 32.4 Å². The molecule has 0 radical (unpaired) electrons. The van der Waals surface area contributed by atoms with E-state index in [1.165, 1.54) is 5.56 Å². The van der Waals surface area contributed by atoms with Crippen LogP contribution >= 0.6 is 0 Å². The zero-order valence-electron chi connectivity index (χ0n) is 20.1. The molecule has 180 valence electrons. The van der Waals surface area contributed by atoms with Gasteiger partial charge in [-0.05, 0) is 36.2 Å². The van der Waals surface area contributed by atoms with E-state index in [0.717, 1.165) is 48.7 Å². The van der Waals surface area contributed by atoms with Gasteiger partial charge >= 0.3 is 0 Å². The Bertz CT molecular complexity index is 1400. The second-order valence-corrected chi connectivity index (χ2v) is 8.71. The van der Waals surface area contributed by atoms with Crippen LogP contribution in [0.1, 0.15) is 22.6 Å². The van der Waals surface area contributed by atoms with Gasteiger partial charge in [0.1, 0.15) is 12.2 Å². The van der Waals surface area contributed by atoms with Gasteiger partial charge in [0.25, 0.3) is 5.56 Å². The van der Waals surface area contributed by atoms with E-state index < -0.39 is 0 Å². The summed E-state index contributed by atoms with van der Waals surface area (Å²) in [4.78, 5) is 29.3. The lowest BCUT2D eigenvalue weighted by atomic mass is 10.1. The molecule has 35 heavy (non-hydrogen) atoms. The second-order valence-electron chi connectivity index (χ2n) is 8.71. The second kappa shape index (κ2) is 10.2. The number of fused-ring (bicyclic) bond motifs is 2. The predicted octanol–water partition coefficient (Wildman–Crippen LogP) is 3.05. The summed E-state index contributed by atoms with van der Waals surface area (Å²) >= 11 is 0. The lowest BCUT2D eigenvalue weighted by Crippen LogP contribution is -2.34. The van der Waals surface area contributed by atoms with E-state index >= 15 is 0 Å². The third kappa shape index (κ3) is 4.88. The third-order valence-corrected chi connectivity index (χ3v) is 6.60. The molecule has 4 aromatic rings. The number of ether oxygens (including phenoxy) is 2. The summed E-state index contributed by atoms with van der Waals surface area (Å²) in [5.41, 5.74) is 4.12. The first-order valence-corrected chi connectivity index (χ1v) is 11.9. The molecule has 8 heteroatoms. The van der Waals surface area contributed by atoms with Crippen molar-refractivity contribution in [3.63, 3.8) is 0 Å². The fourth-order valence-corrected chi connectivity index (χ4v) is 4.69. The summed E-state index contributed by atoms with van der Waals surface area (Å²) in [6.07, 6.45) is 5.80. The Morgan fingerprint density at radius 1 is 1.00 bits per heavy atom. The highest BCUT2D eigenvalue weighted by molar-refractivity contribution is 5.77. The highest BCUT2D eigenvalue weighted by Gasteiger charge is 2.19. The van der Waals surface area contributed by atoms with Crippen LogP contribution in [0.2, 0.25) is 0 Å². The van der Waals surface area contributed by atoms with Gasteiger partial charge in [-0.25, -0.2) is 15.0 Å². The van der Waals surface area contributed by atoms with E-state index in [1.54, 1.807) is 20.5 Å². The van der Waals surface area contributed by atoms with Gasteiger partial charge in [-0.2, -0.15) is 0 Å². The maximum atomic E-state index is 13.5. The first-order chi connectivity index (χ1) is 17.2. The van der Waals surface area contributed by atoms with Crippen molar-refractivity contribution in [1.82, 2.24) is 24.4 Å². The molecule has 5 rings (SSSR count). The number of aromatic nitrogens is 4. The first-order valence-electron chi connectivity index (χ1n) is 11.9. The summed E-state index contributed by atoms with van der Waals surface area (Å²) in [5.74, 6) is 2.18. The average Bonchev–Trinajstić information content (AvgIpc) is 2.91. The van der Waals surface area contributed by atoms with Crippen LogP contribution in [0, 0.1) is 0 Å². The van der Waals surface area contributed by atoms with Crippen molar-refractivity contribution in [3.05, 3.63) is 88.0 Å². The molecule has 0 saturated carbocycles. The van der Waals surface area contributed by atoms with Gasteiger partial charge in [-0.3, -0.25) is 14.3 Å². The lowest BCUT2D eigenvalue weighted by molar-refractivity contribution is 0.251. The first kappa shape index (κ1) is 23.0. The highest BCUT2D eigenvalue weighted by Crippen LogP contribution is 2.28. The van der Waals surface area contributed by atoms with Gasteiger partial charge in [-0.15, -0.1) is 0 Å². The van der Waals surface area contributed by atoms with Gasteiger partial charge in [-0.1, -0.05) is 18.2 Å². The summed E-state index contributed by atoms with van der Waals surface area (Å²) in [7, 11) is 3.25. The van der Waals surface area contributed by atoms with Gasteiger partial charge < -0.3 is 9.47 Å². The summed E-state index contributed by atoms with van der Waals surface area (Å²) in [6, 6.07) is 13.4. The van der Waals surface area contributed by atoms with Crippen LogP contribution in [0.3, 0.4) is 0 Å². The van der Waals surface area contributed by atoms with E-state index in [-0.39, 0.29) is 5.56 Å². The Morgan fingerprint density at radius 2 is 1.86 bits per heavy atom. The van der Waals surface area contributed by atoms with Gasteiger partial charge in [0.05, 0.1) is 25.1 Å². The summed E-state index contributed by atoms with van der Waals surface area (Å²) in [6.45, 7) is 3.11. The molecule has 0 unspecified atom stereocenters. The molecule has 0 atom stereocenters. The van der Waals surface area contributed by atoms with Crippen molar-refractivity contribution in [3.8, 4) is 11.5 Å². The normalized spacial score (nSPS) is 13.5. The molecule has 8 nitrogen and oxygen atoms in total. The SMILES string of the molecule is COc1ccc(CCn2c(CCN3CCc4ncncc4C3)nc3ccccc3c2=O)cc1OC. The monoisotopic (exact) mass is 471 g/mol. The molecule has 3 heterocycles. The van der Waals surface area contributed by atoms with Crippen LogP contribution in [-0.4, -0.2) is 51.7 Å². The summed E-state index contributed by atoms with van der Waals surface area (Å²) < 4.78 is 12.6. The Balaban J connectivity index is 1.39. The largest absolute Gasteiger partial charge is 0.493 e. The molecule has 0 fully saturated rings. The molecular formula is C27H29N5O3. The topological polar surface area (TPSA) is 82.4 Å². The zero-order chi connectivity index (χ0) is 24.2. The molecule has 2 aromatic heterocycles. The quantitative estimate of drug-likeness (QED) is 0.391. The fourth-order valence-electron chi connectivity index (χ4n) is 4.69. The number of aryl methyl sites for hydroxylation is 1. The number of methoxy groups -OCH3 is 2. The molecule has 0 aliphatic carbocycles. The van der Waals surface area contributed by atoms with Crippen LogP contribution in [-0.2, 0) is 32.4 Å². The Labute approximate surface area is 204 Å². The predicted molar refractivity (Wildman–Crippen MR) is 134 cm³/mol. The maximum absolute atomic E-state index is 13.5. The Hall–Kier alpha value is -3.78. The number of hydrogen-bond donors (Lipinski definition) is 0. The molecule has 2 aromatic carbocycles. The van der Waals surface area contributed by atoms with Crippen molar-refractivity contribution in [1.29, 1.82) is 0 Å². The minimum absolute atomic E-state index is 0.00321. The number of para-hydroxylation sites is 1. The van der Waals surface area contributed by atoms with Gasteiger partial charge in [0.2, 0.25) is 0 Å². The third-order valence-electron chi connectivity index (χ3n) is 6.60. The van der Waals surface area contributed by atoms with Crippen LogP contribution in [0.15, 0.2) is 59.8 Å². The van der Waals surface area contributed by atoms with Crippen molar-refractivity contribution in [2.75, 3.05) is 27.3 Å². The molecule has 0 spiro atoms. The van der Waals surface area contributed by atoms with E-state index in [0.29, 0.717) is 36.3 Å². The van der Waals surface area contributed by atoms with Crippen LogP contribution in [0.5, 0.6) is 11.5 Å². The minimum Gasteiger partial charge on any atom is -0.493 e. The van der Waals surface area contributed by atoms with Crippen LogP contribution in [0.4, 0.5) is 0 Å². The molecule has 0 N–H and O–H groups in total. The van der Waals surface area contributed by atoms with E-state index in [1.807, 2.05) is 53.2 Å². The Kier molecular flexibility index (Phi) is 6.72. The Morgan fingerprint density at radius 3 is 2.71 bits per heavy atom. The molecule has 0 bridgehead atoms. The van der Waals surface area contributed by atoms with Crippen LogP contribution < -0.4 is 15.0 Å². The summed E-state index contributed by atoms with van der Waals surface area (Å²) in [5, 5.41) is 0.646. The van der Waals surface area contributed by atoms with Crippen LogP contribution in [0.25, 0.3) is 10.9 Å². The fraction of sp³-hybridized carbons (Fsp3) is 0.333. The number of hydrogen-bond acceptors (Lipinski definition) is 7. The number of nitrogens with zero attached hydrogens (tertiary/aromatic N) is 5. The lowest BCUT2D eigenvalue weighted by Gasteiger charge is -2.27. The van der Waals surface area contributed by atoms with E-state index in [4.69, 9.17) is 14.5 Å². The molecular weight excluding hydrogens is 442 g/mol. The molecule has 1 aliphatic rings. The minimum atomic E-state index is 0.00321. The molecule has 0 amide bonds. The van der Waals surface area contributed by atoms with Gasteiger partial charge in [0, 0.05) is 56.5 Å². The average molecular weight is 472 g/mol. The number of rotatable bonds is 8. The molecule has 0 saturated heterocycles. The maximum Gasteiger partial charge on any atom is 0.261 e. The van der Waals surface area contributed by atoms with E-state index in [9.17, 15) is 4.79 Å². The standard InChI is InChI=1S/C27H29N5O3/c1-34-24-8-7-19(15-25(24)35-2)9-14-32-26(30-23-6-4-3-5-21(23)27(32)33)11-13-31-12-10-22-20(17-31)16-28-18-29-22/h3-8,15-16,18H,9-14,17H2,1-2H3. The smallest absolute Gasteiger partial charge is 0.261 e. The van der Waals surface area contributed by atoms with Crippen molar-refractivity contribution >= 4 is 10.9 Å². The van der Waals surface area contributed by atoms with Crippen molar-refractivity contribution < 1.29 is 9.47 Å². The number of benzene rings is 2. The van der Waals surface area contributed by atoms with Gasteiger partial charge in [0.15, 0.2) is 11.5 Å². The molecule has 1 aliphatic heterocycles. The highest BCUT2D eigenvalue weighted by atomic mass is 16.5. The van der Waals surface area contributed by atoms with E-state index in [2.05, 4.69) is 14.9 Å².